The van der Waals surface area contributed by atoms with Crippen LogP contribution in [0.25, 0.3) is 0 Å². The summed E-state index contributed by atoms with van der Waals surface area (Å²) in [7, 11) is 3.91. The molecule has 9 heteroatoms. The van der Waals surface area contributed by atoms with E-state index < -0.39 is 36.4 Å². The Hall–Kier alpha value is -2.00. The van der Waals surface area contributed by atoms with Crippen LogP contribution in [-0.2, 0) is 38.1 Å². The highest BCUT2D eigenvalue weighted by Gasteiger charge is 2.52. The van der Waals surface area contributed by atoms with E-state index in [4.69, 9.17) is 18.9 Å². The van der Waals surface area contributed by atoms with Gasteiger partial charge in [-0.15, -0.1) is 0 Å². The number of rotatable bonds is 40. The molecule has 0 aliphatic carbocycles. The van der Waals surface area contributed by atoms with Crippen molar-refractivity contribution in [2.24, 2.45) is 5.92 Å². The Morgan fingerprint density at radius 3 is 1.25 bits per heavy atom. The van der Waals surface area contributed by atoms with Gasteiger partial charge in [-0.05, 0) is 46.3 Å². The van der Waals surface area contributed by atoms with Crippen LogP contribution < -0.4 is 0 Å². The first-order chi connectivity index (χ1) is 27.7. The van der Waals surface area contributed by atoms with E-state index in [1.807, 2.05) is 19.0 Å². The van der Waals surface area contributed by atoms with Crippen molar-refractivity contribution in [3.8, 4) is 0 Å². The van der Waals surface area contributed by atoms with Gasteiger partial charge >= 0.3 is 17.9 Å². The summed E-state index contributed by atoms with van der Waals surface area (Å²) in [5.74, 6) is -2.18. The zero-order valence-electron chi connectivity index (χ0n) is 37.8. The molecule has 0 radical (unpaired) electrons. The fourth-order valence-electron chi connectivity index (χ4n) is 7.77. The second kappa shape index (κ2) is 37.0. The standard InChI is InChI=1S/C48H89NO8/c1-6-9-12-15-18-21-24-27-29-32-36-44(52)56-47-46(41(50)35-31-28-25-22-19-16-13-10-7-2)42(40-54-43(51)38-34-39-49(4)5)55-48(47)57-45(53)37-33-30-26-23-20-17-14-11-8-3/h42,46-48H,6-40H2,1-5H3/t42-,46?,47?,48+/m1/s1. The lowest BCUT2D eigenvalue weighted by Crippen LogP contribution is -2.40. The maximum Gasteiger partial charge on any atom is 0.308 e. The number of hydrogen-bond acceptors (Lipinski definition) is 9. The number of carbonyl (C=O) groups is 4. The maximum absolute atomic E-state index is 14.0. The number of carbonyl (C=O) groups excluding carboxylic acids is 4. The third-order valence-corrected chi connectivity index (χ3v) is 11.4. The molecule has 4 atom stereocenters. The number of esters is 3. The number of ketones is 1. The number of hydrogen-bond donors (Lipinski definition) is 0. The molecule has 0 amide bonds. The number of Topliss-reactive ketones (excluding diaryl/α,β-unsaturated/α-hetero) is 1. The predicted octanol–water partition coefficient (Wildman–Crippen LogP) is 12.4. The minimum atomic E-state index is -1.22. The molecule has 1 saturated heterocycles. The monoisotopic (exact) mass is 808 g/mol. The summed E-state index contributed by atoms with van der Waals surface area (Å²) in [6, 6.07) is 0. The third kappa shape index (κ3) is 29.0. The average Bonchev–Trinajstić information content (AvgIpc) is 3.51. The molecule has 0 aromatic heterocycles. The molecular formula is C48H89NO8. The first-order valence-electron chi connectivity index (χ1n) is 24.1. The smallest absolute Gasteiger partial charge is 0.308 e. The third-order valence-electron chi connectivity index (χ3n) is 11.4. The summed E-state index contributed by atoms with van der Waals surface area (Å²) in [5, 5.41) is 0. The minimum Gasteiger partial charge on any atom is -0.463 e. The van der Waals surface area contributed by atoms with Crippen LogP contribution in [0.4, 0.5) is 0 Å². The molecule has 1 heterocycles. The first-order valence-corrected chi connectivity index (χ1v) is 24.1. The zero-order valence-corrected chi connectivity index (χ0v) is 37.8. The molecule has 0 saturated carbocycles. The van der Waals surface area contributed by atoms with Crippen molar-refractivity contribution in [2.45, 2.75) is 251 Å². The topological polar surface area (TPSA) is 108 Å². The maximum atomic E-state index is 14.0. The molecule has 0 bridgehead atoms. The van der Waals surface area contributed by atoms with Crippen molar-refractivity contribution in [2.75, 3.05) is 27.2 Å². The second-order valence-electron chi connectivity index (χ2n) is 17.2. The van der Waals surface area contributed by atoms with Crippen LogP contribution in [0.15, 0.2) is 0 Å². The highest BCUT2D eigenvalue weighted by Crippen LogP contribution is 2.34. The van der Waals surface area contributed by atoms with Crippen LogP contribution in [0, 0.1) is 5.92 Å². The molecule has 1 fully saturated rings. The molecule has 0 spiro atoms. The fourth-order valence-corrected chi connectivity index (χ4v) is 7.77. The Balaban J connectivity index is 2.92. The highest BCUT2D eigenvalue weighted by atomic mass is 16.7. The Morgan fingerprint density at radius 2 is 0.825 bits per heavy atom. The number of ether oxygens (including phenoxy) is 4. The molecule has 1 aliphatic rings. The Bertz CT molecular complexity index is 1000. The van der Waals surface area contributed by atoms with E-state index in [0.29, 0.717) is 25.7 Å². The molecule has 9 nitrogen and oxygen atoms in total. The van der Waals surface area contributed by atoms with Gasteiger partial charge in [0.15, 0.2) is 6.10 Å². The lowest BCUT2D eigenvalue weighted by molar-refractivity contribution is -0.199. The molecule has 1 rings (SSSR count). The van der Waals surface area contributed by atoms with Crippen molar-refractivity contribution in [1.82, 2.24) is 4.90 Å². The molecule has 0 aromatic rings. The summed E-state index contributed by atoms with van der Waals surface area (Å²) in [4.78, 5) is 55.3. The van der Waals surface area contributed by atoms with E-state index >= 15 is 0 Å². The molecule has 1 aliphatic heterocycles. The number of nitrogens with zero attached hydrogens (tertiary/aromatic N) is 1. The Labute approximate surface area is 350 Å². The average molecular weight is 808 g/mol. The molecule has 57 heavy (non-hydrogen) atoms. The highest BCUT2D eigenvalue weighted by molar-refractivity contribution is 5.83. The molecule has 2 unspecified atom stereocenters. The van der Waals surface area contributed by atoms with Crippen LogP contribution in [-0.4, -0.2) is 74.3 Å². The van der Waals surface area contributed by atoms with Crippen LogP contribution in [0.2, 0.25) is 0 Å². The van der Waals surface area contributed by atoms with Crippen LogP contribution in [0.3, 0.4) is 0 Å². The van der Waals surface area contributed by atoms with E-state index in [2.05, 4.69) is 20.8 Å². The van der Waals surface area contributed by atoms with Crippen molar-refractivity contribution >= 4 is 23.7 Å². The molecule has 0 aromatic carbocycles. The predicted molar refractivity (Wildman–Crippen MR) is 232 cm³/mol. The van der Waals surface area contributed by atoms with Gasteiger partial charge in [0.1, 0.15) is 18.5 Å². The summed E-state index contributed by atoms with van der Waals surface area (Å²) in [6.45, 7) is 7.28. The van der Waals surface area contributed by atoms with Gasteiger partial charge in [0, 0.05) is 25.7 Å². The van der Waals surface area contributed by atoms with Gasteiger partial charge in [0.05, 0.1) is 5.92 Å². The van der Waals surface area contributed by atoms with Crippen LogP contribution >= 0.6 is 0 Å². The summed E-state index contributed by atoms with van der Waals surface area (Å²) in [6.07, 6.45) is 30.4. The normalized spacial score (nSPS) is 17.9. The van der Waals surface area contributed by atoms with Crippen molar-refractivity contribution in [3.05, 3.63) is 0 Å². The lowest BCUT2D eigenvalue weighted by atomic mass is 9.90. The van der Waals surface area contributed by atoms with Gasteiger partial charge in [-0.3, -0.25) is 19.2 Å². The largest absolute Gasteiger partial charge is 0.463 e. The van der Waals surface area contributed by atoms with E-state index in [1.165, 1.54) is 116 Å². The first kappa shape index (κ1) is 53.0. The van der Waals surface area contributed by atoms with Gasteiger partial charge in [-0.25, -0.2) is 0 Å². The molecule has 0 N–H and O–H groups in total. The SMILES string of the molecule is CCCCCCCCCCCCC(=O)OC1C(C(=O)CCCCCCCCCCC)[C@@H](COC(=O)CCCN(C)C)O[C@H]1OC(=O)CCCCCCCCCCC. The second-order valence-corrected chi connectivity index (χ2v) is 17.2. The van der Waals surface area contributed by atoms with E-state index in [0.717, 1.165) is 57.9 Å². The van der Waals surface area contributed by atoms with Crippen molar-refractivity contribution in [3.63, 3.8) is 0 Å². The zero-order chi connectivity index (χ0) is 41.8. The van der Waals surface area contributed by atoms with Crippen LogP contribution in [0.1, 0.15) is 233 Å². The van der Waals surface area contributed by atoms with E-state index in [-0.39, 0.29) is 37.6 Å². The summed E-state index contributed by atoms with van der Waals surface area (Å²) >= 11 is 0. The van der Waals surface area contributed by atoms with Gasteiger partial charge in [-0.2, -0.15) is 0 Å². The fraction of sp³-hybridized carbons (Fsp3) is 0.917. The molecular weight excluding hydrogens is 719 g/mol. The van der Waals surface area contributed by atoms with Gasteiger partial charge in [0.25, 0.3) is 0 Å². The lowest BCUT2D eigenvalue weighted by Gasteiger charge is -2.23. The van der Waals surface area contributed by atoms with Crippen molar-refractivity contribution in [1.29, 1.82) is 0 Å². The van der Waals surface area contributed by atoms with Gasteiger partial charge in [0.2, 0.25) is 6.29 Å². The quantitative estimate of drug-likeness (QED) is 0.0339. The summed E-state index contributed by atoms with van der Waals surface area (Å²) < 4.78 is 23.8. The van der Waals surface area contributed by atoms with E-state index in [1.54, 1.807) is 0 Å². The minimum absolute atomic E-state index is 0.0965. The van der Waals surface area contributed by atoms with Crippen molar-refractivity contribution < 1.29 is 38.1 Å². The number of unbranched alkanes of at least 4 members (excludes halogenated alkanes) is 25. The van der Waals surface area contributed by atoms with E-state index in [9.17, 15) is 19.2 Å². The Kier molecular flexibility index (Phi) is 34.4. The van der Waals surface area contributed by atoms with Crippen LogP contribution in [0.5, 0.6) is 0 Å². The Morgan fingerprint density at radius 1 is 0.456 bits per heavy atom. The molecule has 334 valence electrons. The van der Waals surface area contributed by atoms with Gasteiger partial charge in [-0.1, -0.05) is 181 Å². The van der Waals surface area contributed by atoms with Gasteiger partial charge < -0.3 is 23.8 Å². The summed E-state index contributed by atoms with van der Waals surface area (Å²) in [5.41, 5.74) is 0.